The number of amides is 1. The van der Waals surface area contributed by atoms with Gasteiger partial charge in [0.1, 0.15) is 11.9 Å². The van der Waals surface area contributed by atoms with E-state index in [1.54, 1.807) is 18.4 Å². The van der Waals surface area contributed by atoms with Crippen LogP contribution < -0.4 is 5.32 Å². The van der Waals surface area contributed by atoms with E-state index in [1.807, 2.05) is 6.08 Å². The van der Waals surface area contributed by atoms with Crippen LogP contribution in [0.4, 0.5) is 0 Å². The van der Waals surface area contributed by atoms with Gasteiger partial charge >= 0.3 is 5.97 Å². The maximum Gasteiger partial charge on any atom is 0.306 e. The van der Waals surface area contributed by atoms with Crippen molar-refractivity contribution in [2.24, 2.45) is 28.6 Å². The molecule has 6 atom stereocenters. The van der Waals surface area contributed by atoms with Crippen molar-refractivity contribution in [1.29, 1.82) is 0 Å². The fourth-order valence-electron chi connectivity index (χ4n) is 7.83. The molecule has 0 saturated heterocycles. The molecule has 1 aromatic heterocycles. The van der Waals surface area contributed by atoms with Crippen molar-refractivity contribution in [2.45, 2.75) is 90.7 Å². The Morgan fingerprint density at radius 2 is 1.94 bits per heavy atom. The number of nitrogens with one attached hydrogen (secondary N) is 1. The van der Waals surface area contributed by atoms with Gasteiger partial charge in [0.2, 0.25) is 5.91 Å². The third kappa shape index (κ3) is 4.14. The maximum absolute atomic E-state index is 12.6. The summed E-state index contributed by atoms with van der Waals surface area (Å²) in [4.78, 5) is 36.8. The van der Waals surface area contributed by atoms with E-state index in [9.17, 15) is 14.4 Å². The lowest BCUT2D eigenvalue weighted by atomic mass is 9.47. The summed E-state index contributed by atoms with van der Waals surface area (Å²) in [6, 6.07) is 3.58. The summed E-state index contributed by atoms with van der Waals surface area (Å²) in [6.07, 6.45) is 11.8. The van der Waals surface area contributed by atoms with Gasteiger partial charge in [-0.25, -0.2) is 0 Å². The summed E-state index contributed by atoms with van der Waals surface area (Å²) in [5.41, 5.74) is 1.57. The number of ketones is 1. The van der Waals surface area contributed by atoms with Crippen LogP contribution in [0.3, 0.4) is 0 Å². The fraction of sp³-hybridized carbons (Fsp3) is 0.679. The van der Waals surface area contributed by atoms with Gasteiger partial charge in [0.05, 0.1) is 19.2 Å². The van der Waals surface area contributed by atoms with E-state index < -0.39 is 0 Å². The van der Waals surface area contributed by atoms with E-state index in [-0.39, 0.29) is 41.7 Å². The molecule has 0 aromatic carbocycles. The summed E-state index contributed by atoms with van der Waals surface area (Å²) in [5.74, 6) is 2.39. The zero-order valence-corrected chi connectivity index (χ0v) is 20.4. The highest BCUT2D eigenvalue weighted by molar-refractivity contribution is 5.91. The van der Waals surface area contributed by atoms with Gasteiger partial charge in [-0.05, 0) is 86.3 Å². The van der Waals surface area contributed by atoms with Gasteiger partial charge in [0, 0.05) is 18.3 Å². The SMILES string of the molecule is C[C@]12CC[C@@H]3[C@@H](CCC4=CC(=O)CC[C@@]43C)[C@@H]1CC[C@@H]2OC(=O)CCC(=O)NCc1ccco1. The molecule has 1 aromatic rings. The Bertz CT molecular complexity index is 981. The van der Waals surface area contributed by atoms with Gasteiger partial charge in [-0.1, -0.05) is 19.4 Å². The molecule has 184 valence electrons. The van der Waals surface area contributed by atoms with Crippen LogP contribution in [0.25, 0.3) is 0 Å². The highest BCUT2D eigenvalue weighted by atomic mass is 16.5. The van der Waals surface area contributed by atoms with E-state index in [4.69, 9.17) is 9.15 Å². The van der Waals surface area contributed by atoms with E-state index in [1.165, 1.54) is 5.57 Å². The number of hydrogen-bond donors (Lipinski definition) is 1. The molecule has 0 unspecified atom stereocenters. The van der Waals surface area contributed by atoms with Gasteiger partial charge in [-0.2, -0.15) is 0 Å². The maximum atomic E-state index is 12.6. The molecule has 3 fully saturated rings. The Balaban J connectivity index is 1.17. The third-order valence-corrected chi connectivity index (χ3v) is 9.74. The van der Waals surface area contributed by atoms with Gasteiger partial charge in [-0.15, -0.1) is 0 Å². The molecular weight excluding hydrogens is 430 g/mol. The average Bonchev–Trinajstić information content (AvgIpc) is 3.45. The lowest BCUT2D eigenvalue weighted by Gasteiger charge is -2.57. The standard InChI is InChI=1S/C28H37NO5/c1-27-13-11-19(30)16-18(27)5-6-21-22-7-8-24(28(22,2)14-12-23(21)27)34-26(32)10-9-25(31)29-17-20-4-3-15-33-20/h3-4,15-16,21-24H,5-14,17H2,1-2H3,(H,29,31)/t21-,22-,23+,24-,27-,28-/m0/s1. The molecule has 4 aliphatic rings. The highest BCUT2D eigenvalue weighted by Gasteiger charge is 2.59. The van der Waals surface area contributed by atoms with E-state index >= 15 is 0 Å². The second kappa shape index (κ2) is 9.01. The monoisotopic (exact) mass is 467 g/mol. The number of rotatable bonds is 6. The zero-order valence-electron chi connectivity index (χ0n) is 20.4. The number of esters is 1. The molecule has 3 saturated carbocycles. The van der Waals surface area contributed by atoms with E-state index in [2.05, 4.69) is 19.2 Å². The van der Waals surface area contributed by atoms with E-state index in [0.717, 1.165) is 44.9 Å². The minimum Gasteiger partial charge on any atom is -0.467 e. The summed E-state index contributed by atoms with van der Waals surface area (Å²) < 4.78 is 11.2. The van der Waals surface area contributed by atoms with Gasteiger partial charge < -0.3 is 14.5 Å². The Labute approximate surface area is 201 Å². The van der Waals surface area contributed by atoms with Crippen molar-refractivity contribution < 1.29 is 23.5 Å². The summed E-state index contributed by atoms with van der Waals surface area (Å²) in [6.45, 7) is 5.05. The van der Waals surface area contributed by atoms with Crippen LogP contribution in [0.5, 0.6) is 0 Å². The topological polar surface area (TPSA) is 85.6 Å². The first-order valence-electron chi connectivity index (χ1n) is 13.0. The number of fused-ring (bicyclic) bond motifs is 5. The first kappa shape index (κ1) is 23.4. The summed E-state index contributed by atoms with van der Waals surface area (Å²) >= 11 is 0. The molecule has 1 heterocycles. The molecule has 0 spiro atoms. The van der Waals surface area contributed by atoms with Crippen molar-refractivity contribution in [3.63, 3.8) is 0 Å². The van der Waals surface area contributed by atoms with Crippen molar-refractivity contribution in [1.82, 2.24) is 5.32 Å². The molecule has 5 rings (SSSR count). The second-order valence-corrected chi connectivity index (χ2v) is 11.4. The Morgan fingerprint density at radius 1 is 1.09 bits per heavy atom. The minimum atomic E-state index is -0.270. The molecule has 0 radical (unpaired) electrons. The normalized spacial score (nSPS) is 36.6. The van der Waals surface area contributed by atoms with Crippen molar-refractivity contribution >= 4 is 17.7 Å². The third-order valence-electron chi connectivity index (χ3n) is 9.74. The van der Waals surface area contributed by atoms with Crippen LogP contribution in [0.1, 0.15) is 83.8 Å². The molecule has 0 aliphatic heterocycles. The average molecular weight is 468 g/mol. The highest BCUT2D eigenvalue weighted by Crippen LogP contribution is 2.65. The summed E-state index contributed by atoms with van der Waals surface area (Å²) in [5, 5.41) is 2.78. The molecule has 6 heteroatoms. The molecule has 4 aliphatic carbocycles. The molecule has 1 amide bonds. The fourth-order valence-corrected chi connectivity index (χ4v) is 7.83. The Kier molecular flexibility index (Phi) is 6.19. The predicted octanol–water partition coefficient (Wildman–Crippen LogP) is 5.12. The van der Waals surface area contributed by atoms with E-state index in [0.29, 0.717) is 42.3 Å². The molecule has 34 heavy (non-hydrogen) atoms. The number of furan rings is 1. The van der Waals surface area contributed by atoms with Gasteiger partial charge in [0.15, 0.2) is 5.78 Å². The largest absolute Gasteiger partial charge is 0.467 e. The smallest absolute Gasteiger partial charge is 0.306 e. The van der Waals surface area contributed by atoms with Crippen molar-refractivity contribution in [3.05, 3.63) is 35.8 Å². The predicted molar refractivity (Wildman–Crippen MR) is 126 cm³/mol. The Morgan fingerprint density at radius 3 is 2.74 bits per heavy atom. The van der Waals surface area contributed by atoms with Gasteiger partial charge in [-0.3, -0.25) is 14.4 Å². The zero-order chi connectivity index (χ0) is 23.9. The van der Waals surface area contributed by atoms with Crippen LogP contribution in [0, 0.1) is 28.6 Å². The van der Waals surface area contributed by atoms with Crippen LogP contribution in [0.15, 0.2) is 34.5 Å². The lowest BCUT2D eigenvalue weighted by molar-refractivity contribution is -0.160. The molecular formula is C28H37NO5. The molecule has 0 bridgehead atoms. The summed E-state index contributed by atoms with van der Waals surface area (Å²) in [7, 11) is 0. The number of ether oxygens (including phenoxy) is 1. The first-order chi connectivity index (χ1) is 16.3. The number of hydrogen-bond acceptors (Lipinski definition) is 5. The quantitative estimate of drug-likeness (QED) is 0.587. The molecule has 6 nitrogen and oxygen atoms in total. The van der Waals surface area contributed by atoms with Crippen LogP contribution in [-0.2, 0) is 25.7 Å². The van der Waals surface area contributed by atoms with Crippen molar-refractivity contribution in [2.75, 3.05) is 0 Å². The van der Waals surface area contributed by atoms with Gasteiger partial charge in [0.25, 0.3) is 0 Å². The van der Waals surface area contributed by atoms with Crippen LogP contribution in [-0.4, -0.2) is 23.8 Å². The first-order valence-corrected chi connectivity index (χ1v) is 13.0. The second-order valence-electron chi connectivity index (χ2n) is 11.4. The molecule has 1 N–H and O–H groups in total. The Hall–Kier alpha value is -2.37. The number of carbonyl (C=O) groups is 3. The van der Waals surface area contributed by atoms with Crippen molar-refractivity contribution in [3.8, 4) is 0 Å². The van der Waals surface area contributed by atoms with Crippen LogP contribution in [0.2, 0.25) is 0 Å². The minimum absolute atomic E-state index is 0.0143. The lowest BCUT2D eigenvalue weighted by Crippen LogP contribution is -2.51. The number of allylic oxidation sites excluding steroid dienone is 1. The number of carbonyl (C=O) groups excluding carboxylic acids is 3. The van der Waals surface area contributed by atoms with Crippen LogP contribution >= 0.6 is 0 Å².